The largest absolute Gasteiger partial charge is 0.481 e. The van der Waals surface area contributed by atoms with E-state index in [-0.39, 0.29) is 30.9 Å². The van der Waals surface area contributed by atoms with Gasteiger partial charge in [-0.05, 0) is 19.3 Å². The predicted molar refractivity (Wildman–Crippen MR) is 52.0 cm³/mol. The van der Waals surface area contributed by atoms with Crippen LogP contribution in [0.2, 0.25) is 0 Å². The molecule has 1 fully saturated rings. The third-order valence-corrected chi connectivity index (χ3v) is 2.47. The summed E-state index contributed by atoms with van der Waals surface area (Å²) < 4.78 is 0. The molecule has 86 valence electrons. The van der Waals surface area contributed by atoms with Crippen LogP contribution >= 0.6 is 0 Å². The molecule has 0 aromatic heterocycles. The number of nitrogens with one attached hydrogen (secondary N) is 1. The van der Waals surface area contributed by atoms with E-state index in [1.165, 1.54) is 0 Å². The maximum absolute atomic E-state index is 11.4. The van der Waals surface area contributed by atoms with E-state index in [0.717, 1.165) is 0 Å². The van der Waals surface area contributed by atoms with Crippen LogP contribution in [0.1, 0.15) is 25.7 Å². The van der Waals surface area contributed by atoms with Gasteiger partial charge < -0.3 is 21.3 Å². The molecule has 0 spiro atoms. The fraction of sp³-hybridized carbons (Fsp3) is 0.778. The molecule has 6 nitrogen and oxygen atoms in total. The number of aliphatic hydroxyl groups is 1. The van der Waals surface area contributed by atoms with E-state index in [9.17, 15) is 9.59 Å². The standard InChI is InChI=1S/C9H16N2O4/c10-7(1-2-8(13)14)9(15)11-5-3-6(12)4-5/h5-7,12H,1-4,10H2,(H,11,15)(H,13,14). The normalized spacial score (nSPS) is 26.5. The highest BCUT2D eigenvalue weighted by atomic mass is 16.4. The minimum atomic E-state index is -0.961. The quantitative estimate of drug-likeness (QED) is 0.462. The first-order valence-corrected chi connectivity index (χ1v) is 4.95. The number of amides is 1. The number of nitrogens with two attached hydrogens (primary N) is 1. The first kappa shape index (κ1) is 11.9. The zero-order valence-corrected chi connectivity index (χ0v) is 8.35. The van der Waals surface area contributed by atoms with Crippen LogP contribution in [0.25, 0.3) is 0 Å². The molecule has 1 atom stereocenters. The monoisotopic (exact) mass is 216 g/mol. The number of rotatable bonds is 5. The first-order valence-electron chi connectivity index (χ1n) is 4.95. The molecule has 1 unspecified atom stereocenters. The number of hydrogen-bond donors (Lipinski definition) is 4. The molecule has 1 amide bonds. The van der Waals surface area contributed by atoms with Gasteiger partial charge in [0.2, 0.25) is 5.91 Å². The van der Waals surface area contributed by atoms with Crippen molar-refractivity contribution in [2.45, 2.75) is 43.9 Å². The van der Waals surface area contributed by atoms with Crippen molar-refractivity contribution in [1.82, 2.24) is 5.32 Å². The molecule has 0 heterocycles. The Morgan fingerprint density at radius 2 is 2.07 bits per heavy atom. The average molecular weight is 216 g/mol. The van der Waals surface area contributed by atoms with Gasteiger partial charge in [-0.1, -0.05) is 0 Å². The van der Waals surface area contributed by atoms with Gasteiger partial charge in [-0.15, -0.1) is 0 Å². The minimum absolute atomic E-state index is 0.0108. The second kappa shape index (κ2) is 5.09. The van der Waals surface area contributed by atoms with Gasteiger partial charge in [0.1, 0.15) is 0 Å². The zero-order valence-electron chi connectivity index (χ0n) is 8.35. The van der Waals surface area contributed by atoms with Gasteiger partial charge in [0.05, 0.1) is 12.1 Å². The Balaban J connectivity index is 2.18. The van der Waals surface area contributed by atoms with Crippen molar-refractivity contribution in [3.63, 3.8) is 0 Å². The second-order valence-corrected chi connectivity index (χ2v) is 3.87. The number of aliphatic hydroxyl groups excluding tert-OH is 1. The van der Waals surface area contributed by atoms with Gasteiger partial charge in [0.15, 0.2) is 0 Å². The van der Waals surface area contributed by atoms with Gasteiger partial charge in [-0.25, -0.2) is 0 Å². The SMILES string of the molecule is NC(CCC(=O)O)C(=O)NC1CC(O)C1. The summed E-state index contributed by atoms with van der Waals surface area (Å²) in [4.78, 5) is 21.6. The highest BCUT2D eigenvalue weighted by molar-refractivity contribution is 5.82. The molecule has 1 saturated carbocycles. The fourth-order valence-corrected chi connectivity index (χ4v) is 1.42. The smallest absolute Gasteiger partial charge is 0.303 e. The van der Waals surface area contributed by atoms with Gasteiger partial charge in [0.25, 0.3) is 0 Å². The van der Waals surface area contributed by atoms with Crippen molar-refractivity contribution < 1.29 is 19.8 Å². The van der Waals surface area contributed by atoms with Crippen LogP contribution in [0.5, 0.6) is 0 Å². The lowest BCUT2D eigenvalue weighted by molar-refractivity contribution is -0.137. The van der Waals surface area contributed by atoms with E-state index in [2.05, 4.69) is 5.32 Å². The van der Waals surface area contributed by atoms with Crippen LogP contribution in [0.3, 0.4) is 0 Å². The van der Waals surface area contributed by atoms with Gasteiger partial charge in [-0.2, -0.15) is 0 Å². The highest BCUT2D eigenvalue weighted by Gasteiger charge is 2.29. The molecule has 0 aromatic carbocycles. The maximum atomic E-state index is 11.4. The van der Waals surface area contributed by atoms with Crippen LogP contribution in [0, 0.1) is 0 Å². The molecule has 5 N–H and O–H groups in total. The predicted octanol–water partition coefficient (Wildman–Crippen LogP) is -1.18. The van der Waals surface area contributed by atoms with E-state index in [4.69, 9.17) is 15.9 Å². The van der Waals surface area contributed by atoms with Gasteiger partial charge in [0, 0.05) is 12.5 Å². The lowest BCUT2D eigenvalue weighted by atomic mass is 9.89. The third-order valence-electron chi connectivity index (χ3n) is 2.47. The number of aliphatic carboxylic acids is 1. The van der Waals surface area contributed by atoms with E-state index >= 15 is 0 Å². The van der Waals surface area contributed by atoms with Gasteiger partial charge >= 0.3 is 5.97 Å². The summed E-state index contributed by atoms with van der Waals surface area (Å²) in [6.07, 6.45) is 0.804. The molecule has 1 aliphatic carbocycles. The summed E-state index contributed by atoms with van der Waals surface area (Å²) >= 11 is 0. The number of carbonyl (C=O) groups excluding carboxylic acids is 1. The van der Waals surface area contributed by atoms with E-state index < -0.39 is 12.0 Å². The van der Waals surface area contributed by atoms with Crippen molar-refractivity contribution >= 4 is 11.9 Å². The molecule has 0 saturated heterocycles. The van der Waals surface area contributed by atoms with Crippen LogP contribution < -0.4 is 11.1 Å². The average Bonchev–Trinajstić information content (AvgIpc) is 2.11. The zero-order chi connectivity index (χ0) is 11.4. The van der Waals surface area contributed by atoms with Crippen molar-refractivity contribution in [2.24, 2.45) is 5.73 Å². The van der Waals surface area contributed by atoms with Crippen molar-refractivity contribution in [3.8, 4) is 0 Å². The summed E-state index contributed by atoms with van der Waals surface area (Å²) in [6, 6.07) is -0.790. The van der Waals surface area contributed by atoms with Crippen LogP contribution in [0.15, 0.2) is 0 Å². The van der Waals surface area contributed by atoms with Crippen molar-refractivity contribution in [2.75, 3.05) is 0 Å². The number of hydrogen-bond acceptors (Lipinski definition) is 4. The molecule has 0 bridgehead atoms. The molecule has 1 rings (SSSR count). The molecular weight excluding hydrogens is 200 g/mol. The van der Waals surface area contributed by atoms with Crippen molar-refractivity contribution in [3.05, 3.63) is 0 Å². The Hall–Kier alpha value is -1.14. The Morgan fingerprint density at radius 1 is 1.47 bits per heavy atom. The lowest BCUT2D eigenvalue weighted by Crippen LogP contribution is -2.51. The summed E-state index contributed by atoms with van der Waals surface area (Å²) in [5.74, 6) is -1.30. The molecule has 0 aliphatic heterocycles. The molecule has 15 heavy (non-hydrogen) atoms. The number of carboxylic acid groups (broad SMARTS) is 1. The molecule has 0 aromatic rings. The topological polar surface area (TPSA) is 113 Å². The second-order valence-electron chi connectivity index (χ2n) is 3.87. The Kier molecular flexibility index (Phi) is 4.05. The third kappa shape index (κ3) is 3.85. The Labute approximate surface area is 87.5 Å². The summed E-state index contributed by atoms with van der Waals surface area (Å²) in [5.41, 5.74) is 5.49. The molecule has 1 aliphatic rings. The number of carboxylic acids is 1. The highest BCUT2D eigenvalue weighted by Crippen LogP contribution is 2.19. The minimum Gasteiger partial charge on any atom is -0.481 e. The molecular formula is C9H16N2O4. The van der Waals surface area contributed by atoms with E-state index in [1.54, 1.807) is 0 Å². The Morgan fingerprint density at radius 3 is 2.53 bits per heavy atom. The Bertz CT molecular complexity index is 250. The molecule has 0 radical (unpaired) electrons. The van der Waals surface area contributed by atoms with Gasteiger partial charge in [-0.3, -0.25) is 9.59 Å². The van der Waals surface area contributed by atoms with E-state index in [0.29, 0.717) is 12.8 Å². The van der Waals surface area contributed by atoms with Crippen LogP contribution in [-0.2, 0) is 9.59 Å². The summed E-state index contributed by atoms with van der Waals surface area (Å²) in [7, 11) is 0. The fourth-order valence-electron chi connectivity index (χ4n) is 1.42. The molecule has 6 heteroatoms. The van der Waals surface area contributed by atoms with Crippen molar-refractivity contribution in [1.29, 1.82) is 0 Å². The van der Waals surface area contributed by atoms with Crippen LogP contribution in [0.4, 0.5) is 0 Å². The first-order chi connectivity index (χ1) is 6.99. The van der Waals surface area contributed by atoms with E-state index in [1.807, 2.05) is 0 Å². The van der Waals surface area contributed by atoms with Crippen LogP contribution in [-0.4, -0.2) is 40.3 Å². The summed E-state index contributed by atoms with van der Waals surface area (Å²) in [5, 5.41) is 20.0. The lowest BCUT2D eigenvalue weighted by Gasteiger charge is -2.32. The summed E-state index contributed by atoms with van der Waals surface area (Å²) in [6.45, 7) is 0. The maximum Gasteiger partial charge on any atom is 0.303 e. The number of carbonyl (C=O) groups is 2.